The minimum Gasteiger partial charge on any atom is -0.461 e. The predicted molar refractivity (Wildman–Crippen MR) is 89.8 cm³/mol. The molecule has 3 N–H and O–H groups in total. The number of esters is 1. The summed E-state index contributed by atoms with van der Waals surface area (Å²) in [6.45, 7) is 0.474. The van der Waals surface area contributed by atoms with Gasteiger partial charge in [-0.2, -0.15) is 5.26 Å². The van der Waals surface area contributed by atoms with Crippen LogP contribution in [0.1, 0.15) is 24.8 Å². The topological polar surface area (TPSA) is 114 Å². The monoisotopic (exact) mass is 331 g/mol. The first-order valence-corrected chi connectivity index (χ1v) is 7.79. The molecule has 7 nitrogen and oxygen atoms in total. The summed E-state index contributed by atoms with van der Waals surface area (Å²) in [6.07, 6.45) is 0.709. The van der Waals surface area contributed by atoms with E-state index in [4.69, 9.17) is 20.4 Å². The molecule has 1 aromatic carbocycles. The molecule has 0 saturated carbocycles. The number of nitrogens with one attached hydrogen (secondary N) is 1. The van der Waals surface area contributed by atoms with E-state index >= 15 is 0 Å². The lowest BCUT2D eigenvalue weighted by atomic mass is 9.76. The largest absolute Gasteiger partial charge is 0.461 e. The van der Waals surface area contributed by atoms with Gasteiger partial charge in [-0.3, -0.25) is 9.59 Å². The highest BCUT2D eigenvalue weighted by molar-refractivity contribution is 6.36. The number of hydrogen-bond donors (Lipinski definition) is 2. The molecule has 1 amide bonds. The molecule has 0 aliphatic rings. The Kier molecular flexibility index (Phi) is 9.93. The number of ether oxygens (including phenoxy) is 1. The Bertz CT molecular complexity index is 548. The summed E-state index contributed by atoms with van der Waals surface area (Å²) in [5, 5.41) is 11.0. The van der Waals surface area contributed by atoms with Crippen molar-refractivity contribution < 1.29 is 19.0 Å². The molecule has 0 heterocycles. The molecule has 1 aromatic rings. The van der Waals surface area contributed by atoms with Crippen LogP contribution in [0.2, 0.25) is 5.82 Å². The fraction of sp³-hybridized carbons (Fsp3) is 0.438. The normalized spacial score (nSPS) is 11.2. The van der Waals surface area contributed by atoms with Crippen LogP contribution >= 0.6 is 0 Å². The Morgan fingerprint density at radius 3 is 2.75 bits per heavy atom. The molecule has 1 atom stereocenters. The number of carbonyl (C=O) groups is 2. The molecule has 1 rings (SSSR count). The number of nitriles is 1. The highest BCUT2D eigenvalue weighted by atomic mass is 16.5. The summed E-state index contributed by atoms with van der Waals surface area (Å²) in [7, 11) is 0.107. The van der Waals surface area contributed by atoms with Gasteiger partial charge in [-0.1, -0.05) is 30.3 Å². The van der Waals surface area contributed by atoms with Crippen LogP contribution in [0.15, 0.2) is 30.3 Å². The van der Waals surface area contributed by atoms with Crippen LogP contribution in [0.3, 0.4) is 0 Å². The fourth-order valence-corrected chi connectivity index (χ4v) is 1.98. The molecule has 0 radical (unpaired) electrons. The van der Waals surface area contributed by atoms with Crippen molar-refractivity contribution in [2.45, 2.75) is 31.7 Å². The first-order chi connectivity index (χ1) is 11.7. The number of carbonyl (C=O) groups excluding carboxylic acids is 2. The molecule has 0 aromatic heterocycles. The van der Waals surface area contributed by atoms with E-state index in [0.717, 1.165) is 5.56 Å². The Labute approximate surface area is 142 Å². The number of rotatable bonds is 11. The zero-order chi connectivity index (χ0) is 17.6. The minimum absolute atomic E-state index is 0.00314. The zero-order valence-corrected chi connectivity index (χ0v) is 13.6. The van der Waals surface area contributed by atoms with Gasteiger partial charge in [-0.15, -0.1) is 0 Å². The molecule has 0 bridgehead atoms. The van der Waals surface area contributed by atoms with Gasteiger partial charge in [0.15, 0.2) is 0 Å². The van der Waals surface area contributed by atoms with Crippen LogP contribution in [0.25, 0.3) is 0 Å². The minimum atomic E-state index is -0.557. The highest BCUT2D eigenvalue weighted by Crippen LogP contribution is 2.16. The lowest BCUT2D eigenvalue weighted by Gasteiger charge is -2.14. The molecule has 128 valence electrons. The fourth-order valence-electron chi connectivity index (χ4n) is 1.98. The Hall–Kier alpha value is -2.37. The Morgan fingerprint density at radius 2 is 2.08 bits per heavy atom. The first kappa shape index (κ1) is 19.7. The van der Waals surface area contributed by atoms with Crippen molar-refractivity contribution in [3.05, 3.63) is 35.9 Å². The smallest absolute Gasteiger partial charge is 0.304 e. The summed E-state index contributed by atoms with van der Waals surface area (Å²) < 4.78 is 10.4. The van der Waals surface area contributed by atoms with Gasteiger partial charge in [0.05, 0.1) is 25.0 Å². The number of hydrogen-bond acceptors (Lipinski definition) is 6. The van der Waals surface area contributed by atoms with E-state index in [0.29, 0.717) is 13.0 Å². The van der Waals surface area contributed by atoms with Crippen molar-refractivity contribution >= 4 is 19.4 Å². The SMILES string of the molecule is N#CCCNC(=O)CCC(BOCN)C(=O)OCc1ccccc1. The van der Waals surface area contributed by atoms with Crippen LogP contribution in [0, 0.1) is 11.3 Å². The van der Waals surface area contributed by atoms with Gasteiger partial charge in [-0.05, 0) is 12.0 Å². The maximum absolute atomic E-state index is 12.2. The zero-order valence-electron chi connectivity index (χ0n) is 13.6. The van der Waals surface area contributed by atoms with Gasteiger partial charge in [0.2, 0.25) is 5.91 Å². The van der Waals surface area contributed by atoms with Crippen LogP contribution in [-0.2, 0) is 25.6 Å². The van der Waals surface area contributed by atoms with Crippen LogP contribution in [-0.4, -0.2) is 32.6 Å². The molecule has 1 unspecified atom stereocenters. The lowest BCUT2D eigenvalue weighted by molar-refractivity contribution is -0.145. The van der Waals surface area contributed by atoms with Crippen molar-refractivity contribution in [3.63, 3.8) is 0 Å². The van der Waals surface area contributed by atoms with E-state index in [2.05, 4.69) is 5.32 Å². The number of amides is 1. The molecular weight excluding hydrogens is 309 g/mol. The van der Waals surface area contributed by atoms with Gasteiger partial charge < -0.3 is 20.4 Å². The number of nitrogens with two attached hydrogens (primary N) is 1. The third-order valence-corrected chi connectivity index (χ3v) is 3.27. The van der Waals surface area contributed by atoms with Gasteiger partial charge in [0.25, 0.3) is 7.48 Å². The lowest BCUT2D eigenvalue weighted by Crippen LogP contribution is -2.27. The van der Waals surface area contributed by atoms with Gasteiger partial charge in [0.1, 0.15) is 6.61 Å². The highest BCUT2D eigenvalue weighted by Gasteiger charge is 2.23. The van der Waals surface area contributed by atoms with Crippen LogP contribution < -0.4 is 11.1 Å². The van der Waals surface area contributed by atoms with Crippen LogP contribution in [0.5, 0.6) is 0 Å². The molecule has 0 saturated heterocycles. The molecular formula is C16H22BN3O4. The quantitative estimate of drug-likeness (QED) is 0.266. The maximum atomic E-state index is 12.2. The average molecular weight is 331 g/mol. The standard InChI is InChI=1S/C16H22BN3O4/c18-9-4-10-20-15(21)8-7-14(17-24-12-19)16(22)23-11-13-5-2-1-3-6-13/h1-3,5-6,14,17H,4,7-8,10-12,19H2,(H,20,21). The van der Waals surface area contributed by atoms with Crippen LogP contribution in [0.4, 0.5) is 0 Å². The predicted octanol–water partition coefficient (Wildman–Crippen LogP) is 0.613. The molecule has 8 heteroatoms. The van der Waals surface area contributed by atoms with E-state index in [1.165, 1.54) is 0 Å². The maximum Gasteiger partial charge on any atom is 0.304 e. The van der Waals surface area contributed by atoms with Gasteiger partial charge >= 0.3 is 5.97 Å². The van der Waals surface area contributed by atoms with E-state index in [-0.39, 0.29) is 39.6 Å². The van der Waals surface area contributed by atoms with E-state index in [1.807, 2.05) is 36.4 Å². The van der Waals surface area contributed by atoms with E-state index in [9.17, 15) is 9.59 Å². The van der Waals surface area contributed by atoms with E-state index in [1.54, 1.807) is 0 Å². The molecule has 0 aliphatic heterocycles. The van der Waals surface area contributed by atoms with Crippen molar-refractivity contribution in [2.75, 3.05) is 13.3 Å². The van der Waals surface area contributed by atoms with Crippen molar-refractivity contribution in [3.8, 4) is 6.07 Å². The van der Waals surface area contributed by atoms with Gasteiger partial charge in [0, 0.05) is 13.0 Å². The summed E-state index contributed by atoms with van der Waals surface area (Å²) in [4.78, 5) is 23.8. The van der Waals surface area contributed by atoms with Crippen molar-refractivity contribution in [2.24, 2.45) is 5.73 Å². The van der Waals surface area contributed by atoms with Crippen molar-refractivity contribution in [1.82, 2.24) is 5.32 Å². The number of nitrogens with zero attached hydrogens (tertiary/aromatic N) is 1. The first-order valence-electron chi connectivity index (χ1n) is 7.79. The second-order valence-corrected chi connectivity index (χ2v) is 5.12. The molecule has 0 spiro atoms. The molecule has 0 fully saturated rings. The number of benzene rings is 1. The van der Waals surface area contributed by atoms with Gasteiger partial charge in [-0.25, -0.2) is 0 Å². The second-order valence-electron chi connectivity index (χ2n) is 5.12. The molecule has 24 heavy (non-hydrogen) atoms. The summed E-state index contributed by atoms with van der Waals surface area (Å²) in [6, 6.07) is 11.3. The Balaban J connectivity index is 2.43. The Morgan fingerprint density at radius 1 is 1.33 bits per heavy atom. The second kappa shape index (κ2) is 12.1. The van der Waals surface area contributed by atoms with Crippen molar-refractivity contribution in [1.29, 1.82) is 5.26 Å². The summed E-state index contributed by atoms with van der Waals surface area (Å²) in [5.74, 6) is -1.19. The van der Waals surface area contributed by atoms with E-state index < -0.39 is 11.8 Å². The third kappa shape index (κ3) is 8.32. The summed E-state index contributed by atoms with van der Waals surface area (Å²) in [5.41, 5.74) is 6.18. The molecule has 0 aliphatic carbocycles. The average Bonchev–Trinajstić information content (AvgIpc) is 2.61. The third-order valence-electron chi connectivity index (χ3n) is 3.27. The summed E-state index contributed by atoms with van der Waals surface area (Å²) >= 11 is 0.